The van der Waals surface area contributed by atoms with Crippen molar-refractivity contribution < 1.29 is 19.0 Å². The number of ether oxygens (including phenoxy) is 3. The Morgan fingerprint density at radius 1 is 1.19 bits per heavy atom. The predicted molar refractivity (Wildman–Crippen MR) is 103 cm³/mol. The first-order valence-electron chi connectivity index (χ1n) is 8.58. The minimum atomic E-state index is -0.298. The first kappa shape index (κ1) is 17.8. The number of esters is 1. The summed E-state index contributed by atoms with van der Waals surface area (Å²) in [5.41, 5.74) is 4.81. The Bertz CT molecular complexity index is 860. The van der Waals surface area contributed by atoms with Crippen LogP contribution in [-0.4, -0.2) is 26.3 Å². The summed E-state index contributed by atoms with van der Waals surface area (Å²) in [5, 5.41) is 0. The molecule has 1 aliphatic heterocycles. The molecule has 4 heteroatoms. The van der Waals surface area contributed by atoms with E-state index in [9.17, 15) is 4.79 Å². The zero-order valence-corrected chi connectivity index (χ0v) is 15.2. The summed E-state index contributed by atoms with van der Waals surface area (Å²) >= 11 is 0. The van der Waals surface area contributed by atoms with Crippen LogP contribution in [0.5, 0.6) is 11.5 Å². The molecule has 2 aromatic carbocycles. The van der Waals surface area contributed by atoms with Gasteiger partial charge in [-0.1, -0.05) is 18.2 Å². The molecule has 3 rings (SSSR count). The molecule has 134 valence electrons. The van der Waals surface area contributed by atoms with E-state index < -0.39 is 0 Å². The molecule has 1 heterocycles. The van der Waals surface area contributed by atoms with Gasteiger partial charge in [0.05, 0.1) is 19.3 Å². The fourth-order valence-electron chi connectivity index (χ4n) is 2.78. The molecule has 0 saturated heterocycles. The first-order chi connectivity index (χ1) is 12.6. The SMILES string of the molecule is CCOC(=O)c1ccc(/C=C(\C)C2=Cc3cc(OC)ccc3OC2)cc1. The third-order valence-electron chi connectivity index (χ3n) is 4.24. The lowest BCUT2D eigenvalue weighted by Gasteiger charge is -2.19. The molecule has 2 aromatic rings. The van der Waals surface area contributed by atoms with Crippen molar-refractivity contribution in [1.29, 1.82) is 0 Å². The summed E-state index contributed by atoms with van der Waals surface area (Å²) in [4.78, 5) is 11.7. The maximum Gasteiger partial charge on any atom is 0.338 e. The van der Waals surface area contributed by atoms with Gasteiger partial charge in [0.25, 0.3) is 0 Å². The Morgan fingerprint density at radius 2 is 1.96 bits per heavy atom. The molecule has 0 fully saturated rings. The van der Waals surface area contributed by atoms with Gasteiger partial charge in [0.15, 0.2) is 0 Å². The van der Waals surface area contributed by atoms with Crippen molar-refractivity contribution in [2.45, 2.75) is 13.8 Å². The highest BCUT2D eigenvalue weighted by Gasteiger charge is 2.13. The average molecular weight is 350 g/mol. The van der Waals surface area contributed by atoms with Gasteiger partial charge in [-0.25, -0.2) is 4.79 Å². The van der Waals surface area contributed by atoms with Gasteiger partial charge in [0.2, 0.25) is 0 Å². The monoisotopic (exact) mass is 350 g/mol. The minimum Gasteiger partial charge on any atom is -0.497 e. The van der Waals surface area contributed by atoms with Crippen molar-refractivity contribution in [2.75, 3.05) is 20.3 Å². The van der Waals surface area contributed by atoms with Crippen LogP contribution in [0.4, 0.5) is 0 Å². The molecule has 26 heavy (non-hydrogen) atoms. The Labute approximate surface area is 153 Å². The summed E-state index contributed by atoms with van der Waals surface area (Å²) in [6.45, 7) is 4.76. The lowest BCUT2D eigenvalue weighted by Crippen LogP contribution is -2.08. The number of carbonyl (C=O) groups is 1. The van der Waals surface area contributed by atoms with E-state index in [0.29, 0.717) is 18.8 Å². The van der Waals surface area contributed by atoms with Crippen LogP contribution in [0, 0.1) is 0 Å². The number of methoxy groups -OCH3 is 1. The first-order valence-corrected chi connectivity index (χ1v) is 8.58. The van der Waals surface area contributed by atoms with E-state index in [2.05, 4.69) is 19.1 Å². The molecule has 0 saturated carbocycles. The summed E-state index contributed by atoms with van der Waals surface area (Å²) < 4.78 is 16.1. The van der Waals surface area contributed by atoms with E-state index in [1.54, 1.807) is 26.2 Å². The van der Waals surface area contributed by atoms with E-state index in [-0.39, 0.29) is 5.97 Å². The number of hydrogen-bond acceptors (Lipinski definition) is 4. The van der Waals surface area contributed by atoms with E-state index >= 15 is 0 Å². The Balaban J connectivity index is 1.81. The predicted octanol–water partition coefficient (Wildman–Crippen LogP) is 4.75. The maximum atomic E-state index is 11.7. The van der Waals surface area contributed by atoms with Crippen LogP contribution >= 0.6 is 0 Å². The molecule has 4 nitrogen and oxygen atoms in total. The van der Waals surface area contributed by atoms with Gasteiger partial charge < -0.3 is 14.2 Å². The molecule has 0 N–H and O–H groups in total. The minimum absolute atomic E-state index is 0.298. The summed E-state index contributed by atoms with van der Waals surface area (Å²) in [6.07, 6.45) is 4.20. The van der Waals surface area contributed by atoms with Crippen molar-refractivity contribution in [3.8, 4) is 11.5 Å². The van der Waals surface area contributed by atoms with Crippen LogP contribution in [0.15, 0.2) is 53.6 Å². The fraction of sp³-hybridized carbons (Fsp3) is 0.227. The van der Waals surface area contributed by atoms with Crippen LogP contribution in [0.3, 0.4) is 0 Å². The number of benzene rings is 2. The van der Waals surface area contributed by atoms with E-state index in [1.807, 2.05) is 30.3 Å². The molecule has 0 spiro atoms. The molecule has 0 atom stereocenters. The third-order valence-corrected chi connectivity index (χ3v) is 4.24. The van der Waals surface area contributed by atoms with Gasteiger partial charge in [-0.15, -0.1) is 0 Å². The number of rotatable bonds is 5. The fourth-order valence-corrected chi connectivity index (χ4v) is 2.78. The van der Waals surface area contributed by atoms with E-state index in [4.69, 9.17) is 14.2 Å². The molecule has 0 radical (unpaired) electrons. The van der Waals surface area contributed by atoms with Gasteiger partial charge in [-0.3, -0.25) is 0 Å². The van der Waals surface area contributed by atoms with E-state index in [1.165, 1.54) is 0 Å². The van der Waals surface area contributed by atoms with Gasteiger partial charge in [0.1, 0.15) is 18.1 Å². The number of hydrogen-bond donors (Lipinski definition) is 0. The van der Waals surface area contributed by atoms with Gasteiger partial charge in [-0.05, 0) is 67.0 Å². The summed E-state index contributed by atoms with van der Waals surface area (Å²) in [7, 11) is 1.65. The van der Waals surface area contributed by atoms with Gasteiger partial charge in [-0.2, -0.15) is 0 Å². The third kappa shape index (κ3) is 3.97. The average Bonchev–Trinajstić information content (AvgIpc) is 2.67. The molecule has 0 bridgehead atoms. The topological polar surface area (TPSA) is 44.8 Å². The van der Waals surface area contributed by atoms with Gasteiger partial charge in [0, 0.05) is 5.56 Å². The van der Waals surface area contributed by atoms with E-state index in [0.717, 1.165) is 33.8 Å². The Morgan fingerprint density at radius 3 is 2.65 bits per heavy atom. The number of carbonyl (C=O) groups excluding carboxylic acids is 1. The second-order valence-electron chi connectivity index (χ2n) is 6.03. The quantitative estimate of drug-likeness (QED) is 0.730. The standard InChI is InChI=1S/C22H22O4/c1-4-25-22(23)17-7-5-16(6-8-17)11-15(2)19-12-18-13-20(24-3)9-10-21(18)26-14-19/h5-13H,4,14H2,1-3H3/b15-11+. The van der Waals surface area contributed by atoms with Crippen LogP contribution < -0.4 is 9.47 Å². The van der Waals surface area contributed by atoms with Crippen LogP contribution in [-0.2, 0) is 4.74 Å². The zero-order valence-electron chi connectivity index (χ0n) is 15.2. The molecular formula is C22H22O4. The zero-order chi connectivity index (χ0) is 18.5. The van der Waals surface area contributed by atoms with Crippen molar-refractivity contribution >= 4 is 18.1 Å². The Kier molecular flexibility index (Phi) is 5.42. The largest absolute Gasteiger partial charge is 0.497 e. The highest BCUT2D eigenvalue weighted by atomic mass is 16.5. The number of fused-ring (bicyclic) bond motifs is 1. The van der Waals surface area contributed by atoms with Crippen LogP contribution in [0.25, 0.3) is 12.2 Å². The lowest BCUT2D eigenvalue weighted by molar-refractivity contribution is 0.0526. The van der Waals surface area contributed by atoms with Crippen LogP contribution in [0.1, 0.15) is 35.3 Å². The lowest BCUT2D eigenvalue weighted by atomic mass is 9.99. The van der Waals surface area contributed by atoms with Crippen molar-refractivity contribution in [1.82, 2.24) is 0 Å². The summed E-state index contributed by atoms with van der Waals surface area (Å²) in [5.74, 6) is 1.37. The molecular weight excluding hydrogens is 328 g/mol. The molecule has 1 aliphatic rings. The normalized spacial score (nSPS) is 13.3. The second kappa shape index (κ2) is 7.91. The highest BCUT2D eigenvalue weighted by molar-refractivity contribution is 5.89. The summed E-state index contributed by atoms with van der Waals surface area (Å²) in [6, 6.07) is 13.2. The molecule has 0 aromatic heterocycles. The van der Waals surface area contributed by atoms with Gasteiger partial charge >= 0.3 is 5.97 Å². The van der Waals surface area contributed by atoms with Crippen molar-refractivity contribution in [3.63, 3.8) is 0 Å². The van der Waals surface area contributed by atoms with Crippen LogP contribution in [0.2, 0.25) is 0 Å². The smallest absolute Gasteiger partial charge is 0.338 e. The van der Waals surface area contributed by atoms with Crippen molar-refractivity contribution in [3.05, 3.63) is 70.3 Å². The van der Waals surface area contributed by atoms with Crippen molar-refractivity contribution in [2.24, 2.45) is 0 Å². The molecule has 0 unspecified atom stereocenters. The Hall–Kier alpha value is -3.01. The molecule has 0 aliphatic carbocycles. The second-order valence-corrected chi connectivity index (χ2v) is 6.03. The molecule has 0 amide bonds. The maximum absolute atomic E-state index is 11.7. The highest BCUT2D eigenvalue weighted by Crippen LogP contribution is 2.32.